The Morgan fingerprint density at radius 3 is 2.47 bits per heavy atom. The van der Waals surface area contributed by atoms with E-state index in [-0.39, 0.29) is 30.7 Å². The highest BCUT2D eigenvalue weighted by molar-refractivity contribution is 7.90. The van der Waals surface area contributed by atoms with Crippen LogP contribution in [0.25, 0.3) is 0 Å². The number of hydrogen-bond acceptors (Lipinski definition) is 8. The Morgan fingerprint density at radius 2 is 1.81 bits per heavy atom. The molecule has 10 nitrogen and oxygen atoms in total. The van der Waals surface area contributed by atoms with E-state index in [0.29, 0.717) is 25.3 Å². The van der Waals surface area contributed by atoms with E-state index in [4.69, 9.17) is 19.3 Å². The molecule has 0 unspecified atom stereocenters. The summed E-state index contributed by atoms with van der Waals surface area (Å²) < 4.78 is 44.4. The number of rotatable bonds is 11. The van der Waals surface area contributed by atoms with Gasteiger partial charge >= 0.3 is 11.9 Å². The number of nitrogens with one attached hydrogen (secondary N) is 2. The van der Waals surface area contributed by atoms with Crippen LogP contribution in [-0.4, -0.2) is 74.8 Å². The maximum Gasteiger partial charge on any atom is 0.341 e. The predicted octanol–water partition coefficient (Wildman–Crippen LogP) is 2.18. The first kappa shape index (κ1) is 28.4. The summed E-state index contributed by atoms with van der Waals surface area (Å²) in [5.41, 5.74) is 0.277. The molecule has 2 fully saturated rings. The van der Waals surface area contributed by atoms with Gasteiger partial charge in [0.25, 0.3) is 0 Å². The van der Waals surface area contributed by atoms with Crippen LogP contribution in [0.3, 0.4) is 0 Å². The molecule has 0 bridgehead atoms. The minimum absolute atomic E-state index is 0.0646. The smallest absolute Gasteiger partial charge is 0.341 e. The Bertz CT molecular complexity index is 1000. The minimum Gasteiger partial charge on any atom is -0.482 e. The van der Waals surface area contributed by atoms with Gasteiger partial charge in [0, 0.05) is 12.1 Å². The van der Waals surface area contributed by atoms with Crippen molar-refractivity contribution in [1.82, 2.24) is 10.0 Å². The molecule has 36 heavy (non-hydrogen) atoms. The second-order valence-electron chi connectivity index (χ2n) is 10.4. The summed E-state index contributed by atoms with van der Waals surface area (Å²) in [6.45, 7) is 5.74. The molecule has 1 aliphatic heterocycles. The van der Waals surface area contributed by atoms with Crippen molar-refractivity contribution < 1.29 is 37.3 Å². The molecule has 11 heteroatoms. The SMILES string of the molecule is CC(C)(C)OC(=O)CS(=O)(=O)N[C@H]1CCN[C@H]1COC1CCC(c2ccccc2OCC(=O)O)CC1. The van der Waals surface area contributed by atoms with Crippen molar-refractivity contribution in [1.29, 1.82) is 0 Å². The van der Waals surface area contributed by atoms with Gasteiger partial charge in [-0.15, -0.1) is 0 Å². The lowest BCUT2D eigenvalue weighted by Gasteiger charge is -2.31. The van der Waals surface area contributed by atoms with E-state index < -0.39 is 33.3 Å². The molecule has 0 aromatic heterocycles. The van der Waals surface area contributed by atoms with Gasteiger partial charge in [-0.25, -0.2) is 17.9 Å². The Labute approximate surface area is 213 Å². The van der Waals surface area contributed by atoms with Gasteiger partial charge in [0.05, 0.1) is 12.7 Å². The zero-order chi connectivity index (χ0) is 26.3. The van der Waals surface area contributed by atoms with Gasteiger partial charge in [-0.3, -0.25) is 4.79 Å². The third kappa shape index (κ3) is 9.02. The lowest BCUT2D eigenvalue weighted by Crippen LogP contribution is -2.48. The van der Waals surface area contributed by atoms with E-state index in [1.165, 1.54) is 0 Å². The zero-order valence-electron chi connectivity index (χ0n) is 21.2. The average molecular weight is 527 g/mol. The molecule has 2 atom stereocenters. The number of sulfonamides is 1. The van der Waals surface area contributed by atoms with Crippen LogP contribution in [-0.2, 0) is 29.1 Å². The van der Waals surface area contributed by atoms with Crippen LogP contribution in [0.15, 0.2) is 24.3 Å². The molecule has 1 aromatic rings. The molecule has 1 aromatic carbocycles. The topological polar surface area (TPSA) is 140 Å². The van der Waals surface area contributed by atoms with E-state index in [0.717, 1.165) is 31.2 Å². The Balaban J connectivity index is 1.46. The summed E-state index contributed by atoms with van der Waals surface area (Å²) in [5.74, 6) is -1.61. The van der Waals surface area contributed by atoms with Gasteiger partial charge in [0.15, 0.2) is 12.4 Å². The van der Waals surface area contributed by atoms with Crippen LogP contribution in [0.2, 0.25) is 0 Å². The molecule has 1 saturated heterocycles. The largest absolute Gasteiger partial charge is 0.482 e. The van der Waals surface area contributed by atoms with Crippen LogP contribution in [0.1, 0.15) is 64.4 Å². The molecule has 1 heterocycles. The Morgan fingerprint density at radius 1 is 1.11 bits per heavy atom. The van der Waals surface area contributed by atoms with Crippen molar-refractivity contribution in [3.05, 3.63) is 29.8 Å². The summed E-state index contributed by atoms with van der Waals surface area (Å²) in [6, 6.07) is 7.02. The fourth-order valence-electron chi connectivity index (χ4n) is 4.75. The lowest BCUT2D eigenvalue weighted by atomic mass is 9.82. The van der Waals surface area contributed by atoms with E-state index >= 15 is 0 Å². The molecular weight excluding hydrogens is 488 g/mol. The Hall–Kier alpha value is -2.21. The molecule has 0 amide bonds. The molecule has 1 saturated carbocycles. The summed E-state index contributed by atoms with van der Waals surface area (Å²) in [5, 5.41) is 12.2. The normalized spacial score (nSPS) is 24.9. The quantitative estimate of drug-likeness (QED) is 0.370. The minimum atomic E-state index is -3.83. The van der Waals surface area contributed by atoms with Crippen LogP contribution in [0.5, 0.6) is 5.75 Å². The second-order valence-corrected chi connectivity index (χ2v) is 12.2. The highest BCUT2D eigenvalue weighted by Crippen LogP contribution is 2.38. The average Bonchev–Trinajstić information content (AvgIpc) is 3.21. The van der Waals surface area contributed by atoms with E-state index in [2.05, 4.69) is 10.0 Å². The zero-order valence-corrected chi connectivity index (χ0v) is 22.0. The number of carboxylic acids is 1. The third-order valence-corrected chi connectivity index (χ3v) is 7.58. The summed E-state index contributed by atoms with van der Waals surface area (Å²) in [4.78, 5) is 22.8. The van der Waals surface area contributed by atoms with Gasteiger partial charge in [-0.1, -0.05) is 18.2 Å². The van der Waals surface area contributed by atoms with E-state index in [1.54, 1.807) is 26.8 Å². The fraction of sp³-hybridized carbons (Fsp3) is 0.680. The number of carbonyl (C=O) groups excluding carboxylic acids is 1. The summed E-state index contributed by atoms with van der Waals surface area (Å²) in [6.07, 6.45) is 4.15. The summed E-state index contributed by atoms with van der Waals surface area (Å²) in [7, 11) is -3.83. The highest BCUT2D eigenvalue weighted by atomic mass is 32.2. The standard InChI is InChI=1S/C25H38N2O8S/c1-25(2,3)35-24(30)16-36(31,32)27-20-12-13-26-21(20)14-33-18-10-8-17(9-11-18)19-6-4-5-7-22(19)34-15-23(28)29/h4-7,17-18,20-21,26-27H,8-16H2,1-3H3,(H,28,29)/t17?,18?,20-,21-/m0/s1. The number of hydrogen-bond donors (Lipinski definition) is 3. The number of benzene rings is 1. The first-order chi connectivity index (χ1) is 16.9. The number of ether oxygens (including phenoxy) is 3. The molecule has 3 rings (SSSR count). The van der Waals surface area contributed by atoms with Crippen LogP contribution >= 0.6 is 0 Å². The van der Waals surface area contributed by atoms with Crippen molar-refractivity contribution in [2.24, 2.45) is 0 Å². The van der Waals surface area contributed by atoms with Gasteiger partial charge in [0.2, 0.25) is 10.0 Å². The lowest BCUT2D eigenvalue weighted by molar-refractivity contribution is -0.151. The maximum atomic E-state index is 12.5. The van der Waals surface area contributed by atoms with Crippen molar-refractivity contribution in [2.45, 2.75) is 82.6 Å². The predicted molar refractivity (Wildman–Crippen MR) is 133 cm³/mol. The second kappa shape index (κ2) is 12.4. The van der Waals surface area contributed by atoms with Gasteiger partial charge in [-0.2, -0.15) is 0 Å². The molecular formula is C25H38N2O8S. The van der Waals surface area contributed by atoms with Gasteiger partial charge in [0.1, 0.15) is 11.4 Å². The molecule has 2 aliphatic rings. The molecule has 0 spiro atoms. The first-order valence-corrected chi connectivity index (χ1v) is 14.1. The summed E-state index contributed by atoms with van der Waals surface area (Å²) >= 11 is 0. The molecule has 1 aliphatic carbocycles. The first-order valence-electron chi connectivity index (χ1n) is 12.4. The molecule has 0 radical (unpaired) electrons. The third-order valence-electron chi connectivity index (χ3n) is 6.30. The molecule has 3 N–H and O–H groups in total. The van der Waals surface area contributed by atoms with Gasteiger partial charge in [-0.05, 0) is 77.0 Å². The van der Waals surface area contributed by atoms with E-state index in [1.807, 2.05) is 18.2 Å². The fourth-order valence-corrected chi connectivity index (χ4v) is 5.95. The van der Waals surface area contributed by atoms with Gasteiger partial charge < -0.3 is 24.6 Å². The van der Waals surface area contributed by atoms with E-state index in [9.17, 15) is 18.0 Å². The van der Waals surface area contributed by atoms with Crippen molar-refractivity contribution >= 4 is 22.0 Å². The highest BCUT2D eigenvalue weighted by Gasteiger charge is 2.33. The van der Waals surface area contributed by atoms with Crippen LogP contribution < -0.4 is 14.8 Å². The maximum absolute atomic E-state index is 12.5. The molecule has 202 valence electrons. The number of carbonyl (C=O) groups is 2. The van der Waals surface area contributed by atoms with Crippen LogP contribution in [0, 0.1) is 0 Å². The number of aliphatic carboxylic acids is 1. The number of esters is 1. The number of para-hydroxylation sites is 1. The van der Waals surface area contributed by atoms with Crippen molar-refractivity contribution in [3.8, 4) is 5.75 Å². The van der Waals surface area contributed by atoms with Crippen molar-refractivity contribution in [3.63, 3.8) is 0 Å². The van der Waals surface area contributed by atoms with Crippen LogP contribution in [0.4, 0.5) is 0 Å². The van der Waals surface area contributed by atoms with Crippen molar-refractivity contribution in [2.75, 3.05) is 25.5 Å². The monoisotopic (exact) mass is 526 g/mol. The Kier molecular flexibility index (Phi) is 9.73. The number of carboxylic acid groups (broad SMARTS) is 1.